The van der Waals surface area contributed by atoms with Gasteiger partial charge in [-0.25, -0.2) is 4.98 Å². The van der Waals surface area contributed by atoms with Crippen LogP contribution in [0.1, 0.15) is 5.82 Å². The van der Waals surface area contributed by atoms with Crippen LogP contribution in [0.2, 0.25) is 0 Å². The highest BCUT2D eigenvalue weighted by atomic mass is 35.5. The predicted molar refractivity (Wildman–Crippen MR) is 81.5 cm³/mol. The normalized spacial score (nSPS) is 16.2. The van der Waals surface area contributed by atoms with Crippen molar-refractivity contribution >= 4 is 34.2 Å². The number of hydrogen-bond donors (Lipinski definition) is 2. The van der Waals surface area contributed by atoms with Crippen LogP contribution in [0.4, 0.5) is 5.69 Å². The van der Waals surface area contributed by atoms with Crippen LogP contribution in [0, 0.1) is 0 Å². The van der Waals surface area contributed by atoms with Crippen molar-refractivity contribution in [3.8, 4) is 0 Å². The van der Waals surface area contributed by atoms with Crippen molar-refractivity contribution in [1.82, 2.24) is 14.9 Å². The number of amides is 1. The fourth-order valence-corrected chi connectivity index (χ4v) is 2.45. The molecule has 0 bridgehead atoms. The third kappa shape index (κ3) is 3.53. The summed E-state index contributed by atoms with van der Waals surface area (Å²) in [5.74, 6) is 0.653. The molecule has 112 valence electrons. The molecule has 2 N–H and O–H groups in total. The molecule has 7 heteroatoms. The molecule has 2 heterocycles. The van der Waals surface area contributed by atoms with Crippen LogP contribution < -0.4 is 5.32 Å². The molecule has 0 radical (unpaired) electrons. The first-order valence-corrected chi connectivity index (χ1v) is 7.42. The van der Waals surface area contributed by atoms with Gasteiger partial charge in [-0.2, -0.15) is 0 Å². The number of carbonyl (C=O) groups excluding carboxylic acids is 1. The van der Waals surface area contributed by atoms with Crippen LogP contribution in [0.25, 0.3) is 11.0 Å². The van der Waals surface area contributed by atoms with Gasteiger partial charge in [0, 0.05) is 18.8 Å². The Morgan fingerprint density at radius 1 is 1.43 bits per heavy atom. The van der Waals surface area contributed by atoms with Crippen molar-refractivity contribution in [3.63, 3.8) is 0 Å². The lowest BCUT2D eigenvalue weighted by Crippen LogP contribution is -2.35. The average molecular weight is 309 g/mol. The molecule has 1 amide bonds. The highest BCUT2D eigenvalue weighted by Crippen LogP contribution is 2.18. The number of H-pyrrole nitrogens is 1. The van der Waals surface area contributed by atoms with E-state index in [1.165, 1.54) is 0 Å². The van der Waals surface area contributed by atoms with Gasteiger partial charge >= 0.3 is 0 Å². The van der Waals surface area contributed by atoms with Gasteiger partial charge in [0.05, 0.1) is 30.8 Å². The van der Waals surface area contributed by atoms with Crippen molar-refractivity contribution < 1.29 is 9.53 Å². The molecular weight excluding hydrogens is 292 g/mol. The summed E-state index contributed by atoms with van der Waals surface area (Å²) in [5, 5.41) is 2.73. The maximum Gasteiger partial charge on any atom is 0.239 e. The van der Waals surface area contributed by atoms with Crippen LogP contribution in [-0.4, -0.2) is 53.0 Å². The summed E-state index contributed by atoms with van der Waals surface area (Å²) >= 11 is 5.48. The summed E-state index contributed by atoms with van der Waals surface area (Å²) in [4.78, 5) is 21.5. The molecule has 0 aliphatic carbocycles. The second-order valence-electron chi connectivity index (χ2n) is 4.99. The Balaban J connectivity index is 1.74. The van der Waals surface area contributed by atoms with Crippen LogP contribution >= 0.6 is 11.6 Å². The van der Waals surface area contributed by atoms with E-state index in [1.54, 1.807) is 0 Å². The van der Waals surface area contributed by atoms with Crippen molar-refractivity contribution in [1.29, 1.82) is 0 Å². The molecule has 6 nitrogen and oxygen atoms in total. The zero-order valence-corrected chi connectivity index (χ0v) is 12.3. The van der Waals surface area contributed by atoms with E-state index in [1.807, 2.05) is 18.2 Å². The molecule has 1 aliphatic rings. The molecule has 2 aromatic rings. The molecule has 0 saturated carbocycles. The number of morpholine rings is 1. The Labute approximate surface area is 127 Å². The van der Waals surface area contributed by atoms with E-state index in [2.05, 4.69) is 20.2 Å². The first kappa shape index (κ1) is 14.3. The van der Waals surface area contributed by atoms with Gasteiger partial charge in [0.1, 0.15) is 11.7 Å². The van der Waals surface area contributed by atoms with Crippen molar-refractivity contribution in [2.45, 2.75) is 6.54 Å². The molecule has 0 atom stereocenters. The van der Waals surface area contributed by atoms with Crippen molar-refractivity contribution in [2.75, 3.05) is 37.5 Å². The average Bonchev–Trinajstić information content (AvgIpc) is 2.89. The highest BCUT2D eigenvalue weighted by Gasteiger charge is 2.13. The van der Waals surface area contributed by atoms with Gasteiger partial charge in [-0.15, -0.1) is 11.6 Å². The van der Waals surface area contributed by atoms with E-state index in [0.29, 0.717) is 0 Å². The van der Waals surface area contributed by atoms with Gasteiger partial charge in [-0.05, 0) is 18.2 Å². The topological polar surface area (TPSA) is 70.2 Å². The summed E-state index contributed by atoms with van der Waals surface area (Å²) in [6, 6.07) is 5.58. The number of aromatic nitrogens is 2. The molecule has 1 saturated heterocycles. The molecule has 1 fully saturated rings. The maximum absolute atomic E-state index is 11.3. The van der Waals surface area contributed by atoms with Gasteiger partial charge < -0.3 is 15.0 Å². The fourth-order valence-electron chi connectivity index (χ4n) is 2.38. The van der Waals surface area contributed by atoms with Gasteiger partial charge in [-0.1, -0.05) is 0 Å². The number of fused-ring (bicyclic) bond motifs is 1. The lowest BCUT2D eigenvalue weighted by atomic mass is 10.3. The largest absolute Gasteiger partial charge is 0.379 e. The van der Waals surface area contributed by atoms with E-state index in [4.69, 9.17) is 16.3 Å². The summed E-state index contributed by atoms with van der Waals surface area (Å²) in [6.07, 6.45) is 0. The number of nitrogens with one attached hydrogen (secondary N) is 2. The van der Waals surface area contributed by atoms with E-state index in [0.717, 1.165) is 55.4 Å². The smallest absolute Gasteiger partial charge is 0.239 e. The molecule has 1 aromatic carbocycles. The van der Waals surface area contributed by atoms with E-state index in [9.17, 15) is 4.79 Å². The molecule has 1 aromatic heterocycles. The lowest BCUT2D eigenvalue weighted by molar-refractivity contribution is -0.113. The molecule has 0 unspecified atom stereocenters. The number of carbonyl (C=O) groups is 1. The third-order valence-electron chi connectivity index (χ3n) is 3.41. The van der Waals surface area contributed by atoms with E-state index in [-0.39, 0.29) is 11.8 Å². The molecule has 0 spiro atoms. The fraction of sp³-hybridized carbons (Fsp3) is 0.429. The minimum absolute atomic E-state index is 0.0523. The molecular formula is C14H17ClN4O2. The standard InChI is InChI=1S/C14H17ClN4O2/c15-8-14(20)16-10-1-2-11-12(7-10)18-13(17-11)9-19-3-5-21-6-4-19/h1-2,7H,3-6,8-9H2,(H,16,20)(H,17,18). The second-order valence-corrected chi connectivity index (χ2v) is 5.25. The summed E-state index contributed by atoms with van der Waals surface area (Å²) < 4.78 is 5.34. The first-order valence-electron chi connectivity index (χ1n) is 6.89. The van der Waals surface area contributed by atoms with Crippen LogP contribution in [0.3, 0.4) is 0 Å². The Hall–Kier alpha value is -1.63. The second kappa shape index (κ2) is 6.43. The monoisotopic (exact) mass is 308 g/mol. The number of halogens is 1. The zero-order valence-electron chi connectivity index (χ0n) is 11.6. The van der Waals surface area contributed by atoms with Gasteiger partial charge in [0.2, 0.25) is 5.91 Å². The minimum Gasteiger partial charge on any atom is -0.379 e. The van der Waals surface area contributed by atoms with Crippen molar-refractivity contribution in [3.05, 3.63) is 24.0 Å². The molecule has 1 aliphatic heterocycles. The summed E-state index contributed by atoms with van der Waals surface area (Å²) in [7, 11) is 0. The van der Waals surface area contributed by atoms with Gasteiger partial charge in [-0.3, -0.25) is 9.69 Å². The number of anilines is 1. The number of benzene rings is 1. The van der Waals surface area contributed by atoms with Crippen LogP contribution in [0.5, 0.6) is 0 Å². The summed E-state index contributed by atoms with van der Waals surface area (Å²) in [5.41, 5.74) is 2.52. The maximum atomic E-state index is 11.3. The van der Waals surface area contributed by atoms with Gasteiger partial charge in [0.25, 0.3) is 0 Å². The molecule has 3 rings (SSSR count). The van der Waals surface area contributed by atoms with E-state index < -0.39 is 0 Å². The minimum atomic E-state index is -0.218. The SMILES string of the molecule is O=C(CCl)Nc1ccc2nc(CN3CCOCC3)[nH]c2c1. The first-order chi connectivity index (χ1) is 10.2. The van der Waals surface area contributed by atoms with E-state index >= 15 is 0 Å². The third-order valence-corrected chi connectivity index (χ3v) is 3.66. The number of imidazole rings is 1. The highest BCUT2D eigenvalue weighted by molar-refractivity contribution is 6.29. The number of ether oxygens (including phenoxy) is 1. The number of nitrogens with zero attached hydrogens (tertiary/aromatic N) is 2. The Bertz CT molecular complexity index is 637. The van der Waals surface area contributed by atoms with Crippen LogP contribution in [-0.2, 0) is 16.1 Å². The Kier molecular flexibility index (Phi) is 4.38. The lowest BCUT2D eigenvalue weighted by Gasteiger charge is -2.25. The quantitative estimate of drug-likeness (QED) is 0.841. The Morgan fingerprint density at radius 2 is 2.24 bits per heavy atom. The Morgan fingerprint density at radius 3 is 3.00 bits per heavy atom. The zero-order chi connectivity index (χ0) is 14.7. The van der Waals surface area contributed by atoms with Crippen LogP contribution in [0.15, 0.2) is 18.2 Å². The number of aromatic amines is 1. The summed E-state index contributed by atoms with van der Waals surface area (Å²) in [6.45, 7) is 4.17. The number of hydrogen-bond acceptors (Lipinski definition) is 4. The van der Waals surface area contributed by atoms with Crippen molar-refractivity contribution in [2.24, 2.45) is 0 Å². The predicted octanol–water partition coefficient (Wildman–Crippen LogP) is 1.57. The number of alkyl halides is 1. The van der Waals surface area contributed by atoms with Gasteiger partial charge in [0.15, 0.2) is 0 Å². The number of rotatable bonds is 4. The molecule has 21 heavy (non-hydrogen) atoms.